The first-order valence-electron chi connectivity index (χ1n) is 4.33. The minimum Gasteiger partial charge on any atom is -0.378 e. The fraction of sp³-hybridized carbons (Fsp3) is 0.875. The number of ether oxygens (including phenoxy) is 1. The lowest BCUT2D eigenvalue weighted by molar-refractivity contribution is -0.148. The van der Waals surface area contributed by atoms with E-state index in [4.69, 9.17) is 4.74 Å². The van der Waals surface area contributed by atoms with E-state index in [0.29, 0.717) is 5.91 Å². The summed E-state index contributed by atoms with van der Waals surface area (Å²) in [5.41, 5.74) is 0. The molecule has 4 heteroatoms. The van der Waals surface area contributed by atoms with Crippen molar-refractivity contribution in [2.75, 3.05) is 33.3 Å². The van der Waals surface area contributed by atoms with Gasteiger partial charge < -0.3 is 15.0 Å². The van der Waals surface area contributed by atoms with E-state index in [1.165, 1.54) is 0 Å². The molecule has 2 rings (SSSR count). The molecule has 12 heavy (non-hydrogen) atoms. The summed E-state index contributed by atoms with van der Waals surface area (Å²) in [4.78, 5) is 13.4. The molecule has 0 aliphatic carbocycles. The van der Waals surface area contributed by atoms with Crippen LogP contribution in [0.25, 0.3) is 0 Å². The molecule has 0 aromatic heterocycles. The van der Waals surface area contributed by atoms with Crippen LogP contribution in [-0.4, -0.2) is 50.2 Å². The maximum atomic E-state index is 11.5. The van der Waals surface area contributed by atoms with Gasteiger partial charge >= 0.3 is 0 Å². The van der Waals surface area contributed by atoms with Gasteiger partial charge in [0.1, 0.15) is 0 Å². The van der Waals surface area contributed by atoms with E-state index in [9.17, 15) is 4.79 Å². The van der Waals surface area contributed by atoms with Crippen LogP contribution < -0.4 is 5.32 Å². The van der Waals surface area contributed by atoms with E-state index >= 15 is 0 Å². The number of carbonyl (C=O) groups excluding carboxylic acids is 1. The number of hydrogen-bond acceptors (Lipinski definition) is 3. The minimum absolute atomic E-state index is 0.239. The van der Waals surface area contributed by atoms with E-state index in [1.54, 1.807) is 7.11 Å². The minimum atomic E-state index is 0.239. The molecule has 2 saturated heterocycles. The molecule has 2 fully saturated rings. The smallest absolute Gasteiger partial charge is 0.228 e. The molecule has 0 saturated carbocycles. The topological polar surface area (TPSA) is 41.6 Å². The van der Waals surface area contributed by atoms with Gasteiger partial charge in [0, 0.05) is 33.3 Å². The van der Waals surface area contributed by atoms with E-state index < -0.39 is 0 Å². The van der Waals surface area contributed by atoms with Crippen molar-refractivity contribution in [3.63, 3.8) is 0 Å². The van der Waals surface area contributed by atoms with Crippen LogP contribution in [0.2, 0.25) is 0 Å². The van der Waals surface area contributed by atoms with Crippen molar-refractivity contribution in [1.29, 1.82) is 0 Å². The normalized spacial score (nSPS) is 24.9. The molecule has 0 atom stereocenters. The average Bonchev–Trinajstić information content (AvgIpc) is 1.80. The second-order valence-corrected chi connectivity index (χ2v) is 3.46. The summed E-state index contributed by atoms with van der Waals surface area (Å²) in [6, 6.07) is 0. The SMILES string of the molecule is COC1CN(C(=O)C2CNC2)C1. The summed E-state index contributed by atoms with van der Waals surface area (Å²) in [6.45, 7) is 3.28. The van der Waals surface area contributed by atoms with Gasteiger partial charge in [-0.25, -0.2) is 0 Å². The highest BCUT2D eigenvalue weighted by Gasteiger charge is 2.36. The fourth-order valence-electron chi connectivity index (χ4n) is 1.49. The van der Waals surface area contributed by atoms with Gasteiger partial charge in [-0.15, -0.1) is 0 Å². The van der Waals surface area contributed by atoms with Gasteiger partial charge in [0.2, 0.25) is 5.91 Å². The Morgan fingerprint density at radius 3 is 2.58 bits per heavy atom. The van der Waals surface area contributed by atoms with Crippen LogP contribution in [0.5, 0.6) is 0 Å². The summed E-state index contributed by atoms with van der Waals surface area (Å²) in [5.74, 6) is 0.532. The van der Waals surface area contributed by atoms with Crippen LogP contribution in [0.1, 0.15) is 0 Å². The Bertz CT molecular complexity index is 185. The molecule has 1 amide bonds. The number of methoxy groups -OCH3 is 1. The molecular formula is C8H14N2O2. The van der Waals surface area contributed by atoms with Crippen molar-refractivity contribution >= 4 is 5.91 Å². The van der Waals surface area contributed by atoms with Crippen LogP contribution in [0.4, 0.5) is 0 Å². The molecule has 0 aromatic rings. The molecule has 2 aliphatic heterocycles. The second kappa shape index (κ2) is 3.03. The Morgan fingerprint density at radius 1 is 1.50 bits per heavy atom. The third kappa shape index (κ3) is 1.21. The number of rotatable bonds is 2. The number of carbonyl (C=O) groups is 1. The highest BCUT2D eigenvalue weighted by molar-refractivity contribution is 5.81. The van der Waals surface area contributed by atoms with Crippen LogP contribution in [-0.2, 0) is 9.53 Å². The monoisotopic (exact) mass is 170 g/mol. The lowest BCUT2D eigenvalue weighted by Gasteiger charge is -2.41. The molecule has 0 radical (unpaired) electrons. The quantitative estimate of drug-likeness (QED) is 0.581. The number of hydrogen-bond donors (Lipinski definition) is 1. The summed E-state index contributed by atoms with van der Waals surface area (Å²) >= 11 is 0. The zero-order valence-corrected chi connectivity index (χ0v) is 7.25. The Hall–Kier alpha value is -0.610. The maximum absolute atomic E-state index is 11.5. The third-order valence-corrected chi connectivity index (χ3v) is 2.62. The van der Waals surface area contributed by atoms with E-state index in [0.717, 1.165) is 26.2 Å². The number of nitrogens with one attached hydrogen (secondary N) is 1. The average molecular weight is 170 g/mol. The molecule has 68 valence electrons. The van der Waals surface area contributed by atoms with Crippen molar-refractivity contribution < 1.29 is 9.53 Å². The largest absolute Gasteiger partial charge is 0.378 e. The highest BCUT2D eigenvalue weighted by Crippen LogP contribution is 2.16. The second-order valence-electron chi connectivity index (χ2n) is 3.46. The zero-order chi connectivity index (χ0) is 8.55. The predicted molar refractivity (Wildman–Crippen MR) is 43.7 cm³/mol. The van der Waals surface area contributed by atoms with Crippen LogP contribution >= 0.6 is 0 Å². The van der Waals surface area contributed by atoms with Gasteiger partial charge in [-0.05, 0) is 0 Å². The lowest BCUT2D eigenvalue weighted by atomic mass is 9.99. The Kier molecular flexibility index (Phi) is 2.02. The Balaban J connectivity index is 1.76. The van der Waals surface area contributed by atoms with E-state index in [-0.39, 0.29) is 12.0 Å². The van der Waals surface area contributed by atoms with E-state index in [2.05, 4.69) is 5.32 Å². The molecule has 0 aromatic carbocycles. The van der Waals surface area contributed by atoms with E-state index in [1.807, 2.05) is 4.90 Å². The van der Waals surface area contributed by atoms with Gasteiger partial charge in [-0.3, -0.25) is 4.79 Å². The van der Waals surface area contributed by atoms with Gasteiger partial charge in [0.05, 0.1) is 12.0 Å². The molecular weight excluding hydrogens is 156 g/mol. The van der Waals surface area contributed by atoms with Gasteiger partial charge in [-0.1, -0.05) is 0 Å². The molecule has 0 bridgehead atoms. The highest BCUT2D eigenvalue weighted by atomic mass is 16.5. The number of likely N-dealkylation sites (tertiary alicyclic amines) is 1. The first kappa shape index (κ1) is 8.01. The third-order valence-electron chi connectivity index (χ3n) is 2.62. The Morgan fingerprint density at radius 2 is 2.17 bits per heavy atom. The van der Waals surface area contributed by atoms with Crippen LogP contribution in [0.15, 0.2) is 0 Å². The van der Waals surface area contributed by atoms with Gasteiger partial charge in [-0.2, -0.15) is 0 Å². The molecule has 2 aliphatic rings. The summed E-state index contributed by atoms with van der Waals surface area (Å²) < 4.78 is 5.09. The molecule has 0 spiro atoms. The Labute approximate surface area is 71.9 Å². The molecule has 0 unspecified atom stereocenters. The molecule has 4 nitrogen and oxygen atoms in total. The van der Waals surface area contributed by atoms with Crippen molar-refractivity contribution in [2.45, 2.75) is 6.10 Å². The van der Waals surface area contributed by atoms with Crippen LogP contribution in [0.3, 0.4) is 0 Å². The maximum Gasteiger partial charge on any atom is 0.228 e. The molecule has 1 N–H and O–H groups in total. The lowest BCUT2D eigenvalue weighted by Crippen LogP contribution is -2.60. The molecule has 2 heterocycles. The van der Waals surface area contributed by atoms with Crippen molar-refractivity contribution in [1.82, 2.24) is 10.2 Å². The van der Waals surface area contributed by atoms with Crippen molar-refractivity contribution in [3.05, 3.63) is 0 Å². The fourth-order valence-corrected chi connectivity index (χ4v) is 1.49. The standard InChI is InChI=1S/C8H14N2O2/c1-12-7-4-10(5-7)8(11)6-2-9-3-6/h6-7,9H,2-5H2,1H3. The summed E-state index contributed by atoms with van der Waals surface area (Å²) in [6.07, 6.45) is 0.280. The number of amides is 1. The number of nitrogens with zero attached hydrogens (tertiary/aromatic N) is 1. The van der Waals surface area contributed by atoms with Gasteiger partial charge in [0.25, 0.3) is 0 Å². The first-order valence-corrected chi connectivity index (χ1v) is 4.33. The van der Waals surface area contributed by atoms with Gasteiger partial charge in [0.15, 0.2) is 0 Å². The van der Waals surface area contributed by atoms with Crippen LogP contribution in [0, 0.1) is 5.92 Å². The predicted octanol–water partition coefficient (Wildman–Crippen LogP) is -0.937. The summed E-state index contributed by atoms with van der Waals surface area (Å²) in [7, 11) is 1.69. The van der Waals surface area contributed by atoms with Crippen molar-refractivity contribution in [3.8, 4) is 0 Å². The first-order chi connectivity index (χ1) is 5.81. The summed E-state index contributed by atoms with van der Waals surface area (Å²) in [5, 5.41) is 3.09. The zero-order valence-electron chi connectivity index (χ0n) is 7.25. The van der Waals surface area contributed by atoms with Crippen molar-refractivity contribution in [2.24, 2.45) is 5.92 Å².